The van der Waals surface area contributed by atoms with Gasteiger partial charge in [0.2, 0.25) is 0 Å². The Morgan fingerprint density at radius 1 is 1.00 bits per heavy atom. The topological polar surface area (TPSA) is 0 Å². The standard InChI is InChI=1S/2H2S.3S.2Sb/h2*1H2;;;;;/p-2. The van der Waals surface area contributed by atoms with E-state index in [2.05, 4.69) is 0 Å². The molecule has 0 unspecified atom stereocenters. The van der Waals surface area contributed by atoms with E-state index in [1.54, 1.807) is 0 Å². The van der Waals surface area contributed by atoms with Gasteiger partial charge in [-0.3, -0.25) is 0 Å². The Morgan fingerprint density at radius 2 is 1.29 bits per heavy atom. The maximum atomic E-state index is 4.73. The van der Waals surface area contributed by atoms with E-state index in [1.165, 1.54) is 0 Å². The molecule has 0 atom stereocenters. The molecule has 7 heavy (non-hydrogen) atoms. The average molecular weight is 406 g/mol. The summed E-state index contributed by atoms with van der Waals surface area (Å²) in [6.45, 7) is 0. The van der Waals surface area contributed by atoms with Crippen LogP contribution in [-0.2, 0) is 27.0 Å². The van der Waals surface area contributed by atoms with Crippen molar-refractivity contribution in [3.8, 4) is 0 Å². The SMILES string of the molecule is [SH-].[SH-].[S]=[Sb][S][Sb]=[S]. The van der Waals surface area contributed by atoms with Crippen molar-refractivity contribution in [3.05, 3.63) is 0 Å². The quantitative estimate of drug-likeness (QED) is 0.374. The predicted molar refractivity (Wildman–Crippen MR) is 51.8 cm³/mol. The predicted octanol–water partition coefficient (Wildman–Crippen LogP) is 0.643. The second kappa shape index (κ2) is 16.1. The molecule has 44 valence electrons. The molecule has 0 radical (unpaired) electrons. The molecule has 0 aromatic rings. The van der Waals surface area contributed by atoms with Crippen molar-refractivity contribution in [2.24, 2.45) is 0 Å². The number of hydrogen-bond donors (Lipinski definition) is 0. The molecular formula is H2S5Sb2-2. The minimum atomic E-state index is -0.198. The van der Waals surface area contributed by atoms with E-state index in [1.807, 2.05) is 5.94 Å². The van der Waals surface area contributed by atoms with E-state index in [0.717, 1.165) is 0 Å². The van der Waals surface area contributed by atoms with Crippen LogP contribution in [0.1, 0.15) is 0 Å². The fourth-order valence-corrected chi connectivity index (χ4v) is 16.5. The molecule has 0 saturated heterocycles. The van der Waals surface area contributed by atoms with Gasteiger partial charge in [-0.15, -0.1) is 0 Å². The van der Waals surface area contributed by atoms with Crippen LogP contribution in [0.3, 0.4) is 0 Å². The third-order valence-electron chi connectivity index (χ3n) is 0.0667. The number of thiol groups is 2. The second-order valence-electron chi connectivity index (χ2n) is 0.231. The van der Waals surface area contributed by atoms with E-state index < -0.39 is 0 Å². The Balaban J connectivity index is -0.0000000800. The van der Waals surface area contributed by atoms with Crippen LogP contribution in [0.25, 0.3) is 0 Å². The summed E-state index contributed by atoms with van der Waals surface area (Å²) in [6, 6.07) is 0. The third-order valence-corrected chi connectivity index (χ3v) is 27.0. The Labute approximate surface area is 86.0 Å². The first-order chi connectivity index (χ1) is 2.41. The first-order valence-electron chi connectivity index (χ1n) is 0.730. The molecule has 0 aromatic heterocycles. The van der Waals surface area contributed by atoms with Gasteiger partial charge in [-0.25, -0.2) is 0 Å². The number of rotatable bonds is 2. The zero-order valence-electron chi connectivity index (χ0n) is 3.01. The molecule has 0 aromatic carbocycles. The number of hydrogen-bond acceptors (Lipinski definition) is 5. The normalized spacial score (nSPS) is 4.57. The van der Waals surface area contributed by atoms with Crippen LogP contribution in [0.2, 0.25) is 0 Å². The van der Waals surface area contributed by atoms with Gasteiger partial charge in [0.1, 0.15) is 0 Å². The van der Waals surface area contributed by atoms with Crippen LogP contribution in [0.5, 0.6) is 0 Å². The fraction of sp³-hybridized carbons (Fsp3) is 0. The summed E-state index contributed by atoms with van der Waals surface area (Å²) in [6.07, 6.45) is 0. The fourth-order valence-electron chi connectivity index (χ4n) is 0.0136. The Kier molecular flexibility index (Phi) is 38.1. The molecule has 0 aliphatic heterocycles. The Morgan fingerprint density at radius 3 is 1.29 bits per heavy atom. The molecule has 0 aliphatic carbocycles. The van der Waals surface area contributed by atoms with E-state index in [4.69, 9.17) is 18.4 Å². The summed E-state index contributed by atoms with van der Waals surface area (Å²) in [5.74, 6) is 1.89. The first-order valence-corrected chi connectivity index (χ1v) is 14.7. The summed E-state index contributed by atoms with van der Waals surface area (Å²) in [5, 5.41) is 0. The van der Waals surface area contributed by atoms with Gasteiger partial charge >= 0.3 is 60.8 Å². The van der Waals surface area contributed by atoms with Gasteiger partial charge in [-0.1, -0.05) is 0 Å². The van der Waals surface area contributed by atoms with Crippen LogP contribution in [0.15, 0.2) is 0 Å². The van der Waals surface area contributed by atoms with Gasteiger partial charge < -0.3 is 27.0 Å². The first kappa shape index (κ1) is 16.6. The van der Waals surface area contributed by atoms with Gasteiger partial charge in [0.25, 0.3) is 0 Å². The molecule has 0 fully saturated rings. The van der Waals surface area contributed by atoms with Crippen molar-refractivity contribution in [1.82, 2.24) is 0 Å². The summed E-state index contributed by atoms with van der Waals surface area (Å²) < 4.78 is 0. The van der Waals surface area contributed by atoms with Crippen molar-refractivity contribution < 1.29 is 0 Å². The zero-order chi connectivity index (χ0) is 4.12. The van der Waals surface area contributed by atoms with Gasteiger partial charge in [0.05, 0.1) is 0 Å². The van der Waals surface area contributed by atoms with Crippen LogP contribution in [0.4, 0.5) is 0 Å². The minimum absolute atomic E-state index is 0. The molecule has 0 heterocycles. The van der Waals surface area contributed by atoms with Gasteiger partial charge in [-0.2, -0.15) is 0 Å². The monoisotopic (exact) mass is 404 g/mol. The second-order valence-corrected chi connectivity index (χ2v) is 20.0. The van der Waals surface area contributed by atoms with E-state index in [-0.39, 0.29) is 63.5 Å². The summed E-state index contributed by atoms with van der Waals surface area (Å²) in [5.41, 5.74) is 0. The van der Waals surface area contributed by atoms with Crippen LogP contribution < -0.4 is 0 Å². The molecule has 0 amide bonds. The third kappa shape index (κ3) is 17.6. The maximum absolute atomic E-state index is 4.73. The van der Waals surface area contributed by atoms with Gasteiger partial charge in [-0.05, 0) is 0 Å². The Bertz CT molecular complexity index is 35.3. The molecule has 0 aliphatic rings. The average Bonchev–Trinajstić information content (AvgIpc) is 1.41. The van der Waals surface area contributed by atoms with Crippen molar-refractivity contribution in [1.29, 1.82) is 0 Å². The van der Waals surface area contributed by atoms with Gasteiger partial charge in [0.15, 0.2) is 0 Å². The summed E-state index contributed by atoms with van der Waals surface area (Å²) >= 11 is -0.396. The van der Waals surface area contributed by atoms with E-state index in [0.29, 0.717) is 0 Å². The molecule has 0 saturated carbocycles. The molecule has 0 N–H and O–H groups in total. The summed E-state index contributed by atoms with van der Waals surface area (Å²) in [7, 11) is 9.47. The molecule has 0 spiro atoms. The van der Waals surface area contributed by atoms with Crippen LogP contribution >= 0.6 is 24.3 Å². The van der Waals surface area contributed by atoms with Gasteiger partial charge in [0, 0.05) is 0 Å². The molecular weight excluding hydrogens is 404 g/mol. The zero-order valence-corrected chi connectivity index (χ0v) is 12.4. The molecule has 7 heteroatoms. The summed E-state index contributed by atoms with van der Waals surface area (Å²) in [4.78, 5) is 0. The van der Waals surface area contributed by atoms with Crippen molar-refractivity contribution in [2.75, 3.05) is 0 Å². The van der Waals surface area contributed by atoms with Crippen LogP contribution in [-0.4, -0.2) is 36.5 Å². The van der Waals surface area contributed by atoms with Crippen molar-refractivity contribution >= 4 is 87.8 Å². The van der Waals surface area contributed by atoms with E-state index >= 15 is 0 Å². The molecule has 0 nitrogen and oxygen atoms in total. The Hall–Kier alpha value is 3.13. The van der Waals surface area contributed by atoms with Crippen molar-refractivity contribution in [2.45, 2.75) is 0 Å². The molecule has 0 rings (SSSR count). The molecule has 0 bridgehead atoms. The van der Waals surface area contributed by atoms with Crippen LogP contribution in [0, 0.1) is 0 Å². The van der Waals surface area contributed by atoms with E-state index in [9.17, 15) is 0 Å². The van der Waals surface area contributed by atoms with Crippen molar-refractivity contribution in [3.63, 3.8) is 0 Å².